The molecule has 0 radical (unpaired) electrons. The average molecular weight is 420 g/mol. The van der Waals surface area contributed by atoms with Crippen molar-refractivity contribution in [2.75, 3.05) is 26.0 Å². The molecule has 0 bridgehead atoms. The molecule has 0 spiro atoms. The van der Waals surface area contributed by atoms with Crippen LogP contribution in [-0.2, 0) is 24.3 Å². The van der Waals surface area contributed by atoms with Gasteiger partial charge in [0.1, 0.15) is 5.75 Å². The van der Waals surface area contributed by atoms with Crippen molar-refractivity contribution < 1.29 is 27.5 Å². The maximum absolute atomic E-state index is 12.2. The van der Waals surface area contributed by atoms with Crippen LogP contribution in [0.15, 0.2) is 59.5 Å². The molecule has 2 aromatic carbocycles. The zero-order valence-electron chi connectivity index (χ0n) is 16.5. The molecule has 8 nitrogen and oxygen atoms in total. The number of amides is 1. The van der Waals surface area contributed by atoms with Crippen LogP contribution in [0.3, 0.4) is 0 Å². The van der Waals surface area contributed by atoms with Crippen LogP contribution < -0.4 is 10.1 Å². The monoisotopic (exact) mass is 420 g/mol. The van der Waals surface area contributed by atoms with Crippen LogP contribution in [0.25, 0.3) is 0 Å². The minimum Gasteiger partial charge on any atom is -0.479 e. The maximum Gasteiger partial charge on any atom is 0.347 e. The van der Waals surface area contributed by atoms with Crippen molar-refractivity contribution >= 4 is 27.6 Å². The molecule has 0 saturated heterocycles. The number of ether oxygens (including phenoxy) is 2. The molecule has 156 valence electrons. The van der Waals surface area contributed by atoms with Gasteiger partial charge in [-0.15, -0.1) is 0 Å². The molecule has 9 heteroatoms. The summed E-state index contributed by atoms with van der Waals surface area (Å²) < 4.78 is 35.8. The van der Waals surface area contributed by atoms with E-state index in [-0.39, 0.29) is 4.90 Å². The Balaban J connectivity index is 1.88. The van der Waals surface area contributed by atoms with E-state index in [1.807, 2.05) is 6.07 Å². The lowest BCUT2D eigenvalue weighted by Crippen LogP contribution is -2.31. The molecule has 1 amide bonds. The molecule has 0 aliphatic carbocycles. The van der Waals surface area contributed by atoms with E-state index in [2.05, 4.69) is 5.32 Å². The van der Waals surface area contributed by atoms with Gasteiger partial charge in [0.05, 0.1) is 4.90 Å². The average Bonchev–Trinajstić information content (AvgIpc) is 2.71. The van der Waals surface area contributed by atoms with Crippen molar-refractivity contribution in [3.05, 3.63) is 54.6 Å². The third kappa shape index (κ3) is 6.30. The molecule has 0 aromatic heterocycles. The number of carbonyl (C=O) groups is 2. The minimum absolute atomic E-state index is 0.107. The zero-order valence-corrected chi connectivity index (χ0v) is 17.3. The lowest BCUT2D eigenvalue weighted by atomic mass is 10.2. The number of para-hydroxylation sites is 1. The Bertz CT molecular complexity index is 927. The highest BCUT2D eigenvalue weighted by Gasteiger charge is 2.21. The molecule has 2 aromatic rings. The van der Waals surface area contributed by atoms with Gasteiger partial charge in [-0.3, -0.25) is 4.79 Å². The molecule has 0 saturated carbocycles. The van der Waals surface area contributed by atoms with Crippen LogP contribution in [-0.4, -0.2) is 51.4 Å². The lowest BCUT2D eigenvalue weighted by Gasteiger charge is -2.16. The zero-order chi connectivity index (χ0) is 21.4. The first-order chi connectivity index (χ1) is 13.7. The summed E-state index contributed by atoms with van der Waals surface area (Å²) in [5, 5.41) is 2.55. The molecular weight excluding hydrogens is 396 g/mol. The van der Waals surface area contributed by atoms with Gasteiger partial charge in [-0.05, 0) is 42.8 Å². The quantitative estimate of drug-likeness (QED) is 0.625. The Kier molecular flexibility index (Phi) is 7.74. The molecule has 1 atom stereocenters. The predicted octanol–water partition coefficient (Wildman–Crippen LogP) is 2.28. The van der Waals surface area contributed by atoms with E-state index < -0.39 is 34.6 Å². The fraction of sp³-hybridized carbons (Fsp3) is 0.300. The number of esters is 1. The normalized spacial score (nSPS) is 12.3. The Morgan fingerprint density at radius 1 is 1.03 bits per heavy atom. The summed E-state index contributed by atoms with van der Waals surface area (Å²) in [4.78, 5) is 24.3. The van der Waals surface area contributed by atoms with Crippen molar-refractivity contribution in [1.82, 2.24) is 4.31 Å². The highest BCUT2D eigenvalue weighted by atomic mass is 32.2. The van der Waals surface area contributed by atoms with Crippen molar-refractivity contribution in [3.8, 4) is 5.75 Å². The predicted molar refractivity (Wildman–Crippen MR) is 108 cm³/mol. The van der Waals surface area contributed by atoms with Gasteiger partial charge >= 0.3 is 5.97 Å². The molecule has 2 rings (SSSR count). The van der Waals surface area contributed by atoms with Gasteiger partial charge in [0.15, 0.2) is 12.7 Å². The lowest BCUT2D eigenvalue weighted by molar-refractivity contribution is -0.154. The molecule has 0 aliphatic heterocycles. The number of rotatable bonds is 9. The maximum atomic E-state index is 12.2. The Morgan fingerprint density at radius 2 is 1.66 bits per heavy atom. The van der Waals surface area contributed by atoms with Crippen molar-refractivity contribution in [1.29, 1.82) is 0 Å². The number of nitrogens with one attached hydrogen (secondary N) is 1. The van der Waals surface area contributed by atoms with Crippen LogP contribution in [0.1, 0.15) is 13.3 Å². The molecule has 0 unspecified atom stereocenters. The number of hydrogen-bond donors (Lipinski definition) is 1. The first-order valence-electron chi connectivity index (χ1n) is 8.94. The summed E-state index contributed by atoms with van der Waals surface area (Å²) in [6.45, 7) is 1.30. The van der Waals surface area contributed by atoms with E-state index in [0.29, 0.717) is 17.9 Å². The summed E-state index contributed by atoms with van der Waals surface area (Å²) in [6, 6.07) is 14.6. The van der Waals surface area contributed by atoms with E-state index >= 15 is 0 Å². The first kappa shape index (κ1) is 22.4. The molecule has 0 heterocycles. The van der Waals surface area contributed by atoms with E-state index in [4.69, 9.17) is 9.47 Å². The van der Waals surface area contributed by atoms with E-state index in [0.717, 1.165) is 4.31 Å². The van der Waals surface area contributed by atoms with Gasteiger partial charge in [0.25, 0.3) is 5.91 Å². The second-order valence-corrected chi connectivity index (χ2v) is 8.45. The number of benzene rings is 2. The van der Waals surface area contributed by atoms with Gasteiger partial charge in [-0.2, -0.15) is 0 Å². The van der Waals surface area contributed by atoms with Gasteiger partial charge in [-0.1, -0.05) is 25.1 Å². The number of carbonyl (C=O) groups excluding carboxylic acids is 2. The van der Waals surface area contributed by atoms with Crippen molar-refractivity contribution in [2.45, 2.75) is 24.3 Å². The van der Waals surface area contributed by atoms with Crippen molar-refractivity contribution in [2.24, 2.45) is 0 Å². The largest absolute Gasteiger partial charge is 0.479 e. The van der Waals surface area contributed by atoms with E-state index in [1.54, 1.807) is 31.2 Å². The summed E-state index contributed by atoms with van der Waals surface area (Å²) >= 11 is 0. The number of sulfonamides is 1. The summed E-state index contributed by atoms with van der Waals surface area (Å²) in [7, 11) is -0.675. The SMILES string of the molecule is CC[C@H](Oc1ccccc1)C(=O)OCC(=O)Nc1ccc(S(=O)(=O)N(C)C)cc1. The standard InChI is InChI=1S/C20H24N2O6S/c1-4-18(28-16-8-6-5-7-9-16)20(24)27-14-19(23)21-15-10-12-17(13-11-15)29(25,26)22(2)3/h5-13,18H,4,14H2,1-3H3,(H,21,23)/t18-/m0/s1. The first-order valence-corrected chi connectivity index (χ1v) is 10.4. The van der Waals surface area contributed by atoms with Gasteiger partial charge in [-0.25, -0.2) is 17.5 Å². The van der Waals surface area contributed by atoms with Crippen molar-refractivity contribution in [3.63, 3.8) is 0 Å². The van der Waals surface area contributed by atoms with Crippen LogP contribution in [0.2, 0.25) is 0 Å². The second-order valence-electron chi connectivity index (χ2n) is 6.30. The highest BCUT2D eigenvalue weighted by molar-refractivity contribution is 7.89. The third-order valence-corrected chi connectivity index (χ3v) is 5.75. The molecular formula is C20H24N2O6S. The van der Waals surface area contributed by atoms with Gasteiger partial charge in [0.2, 0.25) is 10.0 Å². The fourth-order valence-corrected chi connectivity index (χ4v) is 3.21. The van der Waals surface area contributed by atoms with Crippen LogP contribution in [0.5, 0.6) is 5.75 Å². The molecule has 29 heavy (non-hydrogen) atoms. The number of hydrogen-bond acceptors (Lipinski definition) is 6. The smallest absolute Gasteiger partial charge is 0.347 e. The van der Waals surface area contributed by atoms with Gasteiger partial charge in [0, 0.05) is 19.8 Å². The third-order valence-electron chi connectivity index (χ3n) is 3.92. The Labute approximate surface area is 170 Å². The summed E-state index contributed by atoms with van der Waals surface area (Å²) in [5.74, 6) is -0.649. The molecule has 1 N–H and O–H groups in total. The highest BCUT2D eigenvalue weighted by Crippen LogP contribution is 2.17. The number of anilines is 1. The fourth-order valence-electron chi connectivity index (χ4n) is 2.31. The van der Waals surface area contributed by atoms with Gasteiger partial charge < -0.3 is 14.8 Å². The Hall–Kier alpha value is -2.91. The Morgan fingerprint density at radius 3 is 2.21 bits per heavy atom. The van der Waals surface area contributed by atoms with E-state index in [9.17, 15) is 18.0 Å². The summed E-state index contributed by atoms with van der Waals surface area (Å²) in [6.07, 6.45) is -0.433. The molecule has 0 aliphatic rings. The summed E-state index contributed by atoms with van der Waals surface area (Å²) in [5.41, 5.74) is 0.385. The van der Waals surface area contributed by atoms with E-state index in [1.165, 1.54) is 38.4 Å². The molecule has 0 fully saturated rings. The van der Waals surface area contributed by atoms with Crippen LogP contribution in [0.4, 0.5) is 5.69 Å². The topological polar surface area (TPSA) is 102 Å². The minimum atomic E-state index is -3.54. The second kappa shape index (κ2) is 10.0. The number of nitrogens with zero attached hydrogens (tertiary/aromatic N) is 1. The van der Waals surface area contributed by atoms with Crippen LogP contribution >= 0.6 is 0 Å². The van der Waals surface area contributed by atoms with Crippen LogP contribution in [0, 0.1) is 0 Å².